The summed E-state index contributed by atoms with van der Waals surface area (Å²) in [6.07, 6.45) is 0. The summed E-state index contributed by atoms with van der Waals surface area (Å²) >= 11 is 0. The predicted octanol–water partition coefficient (Wildman–Crippen LogP) is 1.82. The summed E-state index contributed by atoms with van der Waals surface area (Å²) in [5.41, 5.74) is 2.15. The van der Waals surface area contributed by atoms with Gasteiger partial charge in [0.25, 0.3) is 0 Å². The number of aryl methyl sites for hydroxylation is 1. The lowest BCUT2D eigenvalue weighted by molar-refractivity contribution is 0.290. The number of furan rings is 1. The van der Waals surface area contributed by atoms with Crippen molar-refractivity contribution in [1.82, 2.24) is 5.32 Å². The molecule has 0 bridgehead atoms. The van der Waals surface area contributed by atoms with Gasteiger partial charge >= 0.3 is 0 Å². The molecule has 3 heteroatoms. The second kappa shape index (κ2) is 4.47. The van der Waals surface area contributed by atoms with Crippen molar-refractivity contribution in [2.45, 2.75) is 13.5 Å². The van der Waals surface area contributed by atoms with Crippen LogP contribution in [0.4, 0.5) is 0 Å². The number of aliphatic hydroxyl groups excluding tert-OH is 1. The van der Waals surface area contributed by atoms with E-state index in [1.165, 1.54) is 5.56 Å². The van der Waals surface area contributed by atoms with E-state index in [0.717, 1.165) is 16.7 Å². The molecule has 2 N–H and O–H groups in total. The van der Waals surface area contributed by atoms with Crippen LogP contribution in [0.15, 0.2) is 28.7 Å². The second-order valence-corrected chi connectivity index (χ2v) is 3.65. The van der Waals surface area contributed by atoms with Gasteiger partial charge in [-0.25, -0.2) is 0 Å². The highest BCUT2D eigenvalue weighted by atomic mass is 16.3. The van der Waals surface area contributed by atoms with Crippen molar-refractivity contribution in [3.63, 3.8) is 0 Å². The predicted molar refractivity (Wildman–Crippen MR) is 59.7 cm³/mol. The lowest BCUT2D eigenvalue weighted by atomic mass is 10.2. The van der Waals surface area contributed by atoms with E-state index >= 15 is 0 Å². The summed E-state index contributed by atoms with van der Waals surface area (Å²) in [5.74, 6) is 0.907. The summed E-state index contributed by atoms with van der Waals surface area (Å²) in [7, 11) is 0. The maximum Gasteiger partial charge on any atom is 0.134 e. The maximum atomic E-state index is 8.63. The molecule has 15 heavy (non-hydrogen) atoms. The van der Waals surface area contributed by atoms with Gasteiger partial charge in [-0.3, -0.25) is 0 Å². The Bertz CT molecular complexity index is 448. The lowest BCUT2D eigenvalue weighted by Gasteiger charge is -1.97. The number of fused-ring (bicyclic) bond motifs is 1. The smallest absolute Gasteiger partial charge is 0.134 e. The maximum absolute atomic E-state index is 8.63. The minimum Gasteiger partial charge on any atom is -0.460 e. The molecule has 0 spiro atoms. The van der Waals surface area contributed by atoms with Gasteiger partial charge in [-0.05, 0) is 25.1 Å². The van der Waals surface area contributed by atoms with Crippen LogP contribution in [0.3, 0.4) is 0 Å². The number of benzene rings is 1. The van der Waals surface area contributed by atoms with E-state index in [-0.39, 0.29) is 6.61 Å². The van der Waals surface area contributed by atoms with E-state index < -0.39 is 0 Å². The Hall–Kier alpha value is -1.32. The van der Waals surface area contributed by atoms with Crippen LogP contribution in [-0.2, 0) is 6.54 Å². The fourth-order valence-electron chi connectivity index (χ4n) is 1.60. The Morgan fingerprint density at radius 2 is 2.20 bits per heavy atom. The summed E-state index contributed by atoms with van der Waals surface area (Å²) in [6.45, 7) is 3.47. The molecule has 2 rings (SSSR count). The Kier molecular flexibility index (Phi) is 3.04. The summed E-state index contributed by atoms with van der Waals surface area (Å²) in [4.78, 5) is 0. The molecule has 0 aliphatic carbocycles. The van der Waals surface area contributed by atoms with E-state index in [1.54, 1.807) is 0 Å². The monoisotopic (exact) mass is 205 g/mol. The molecular formula is C12H15NO2. The Balaban J connectivity index is 2.16. The molecule has 1 aromatic carbocycles. The van der Waals surface area contributed by atoms with Crippen molar-refractivity contribution < 1.29 is 9.52 Å². The normalized spacial score (nSPS) is 11.1. The van der Waals surface area contributed by atoms with Gasteiger partial charge in [-0.2, -0.15) is 0 Å². The zero-order valence-electron chi connectivity index (χ0n) is 8.79. The third-order valence-electron chi connectivity index (χ3n) is 2.31. The first kappa shape index (κ1) is 10.2. The molecule has 2 aromatic rings. The molecule has 0 fully saturated rings. The highest BCUT2D eigenvalue weighted by molar-refractivity contribution is 5.78. The minimum absolute atomic E-state index is 0.152. The third-order valence-corrected chi connectivity index (χ3v) is 2.31. The number of hydrogen-bond donors (Lipinski definition) is 2. The van der Waals surface area contributed by atoms with E-state index in [4.69, 9.17) is 9.52 Å². The largest absolute Gasteiger partial charge is 0.460 e. The Morgan fingerprint density at radius 1 is 1.33 bits per heavy atom. The van der Waals surface area contributed by atoms with E-state index in [9.17, 15) is 0 Å². The van der Waals surface area contributed by atoms with Crippen molar-refractivity contribution in [1.29, 1.82) is 0 Å². The molecule has 1 heterocycles. The Labute approximate surface area is 88.7 Å². The van der Waals surface area contributed by atoms with Crippen LogP contribution in [0.2, 0.25) is 0 Å². The molecule has 0 radical (unpaired) electrons. The van der Waals surface area contributed by atoms with Gasteiger partial charge in [-0.15, -0.1) is 0 Å². The third kappa shape index (κ3) is 2.37. The summed E-state index contributed by atoms with van der Waals surface area (Å²) in [6, 6.07) is 8.16. The molecule has 0 aliphatic rings. The number of hydrogen-bond acceptors (Lipinski definition) is 3. The van der Waals surface area contributed by atoms with Crippen molar-refractivity contribution in [2.24, 2.45) is 0 Å². The molecule has 0 saturated carbocycles. The molecule has 0 aliphatic heterocycles. The van der Waals surface area contributed by atoms with Crippen LogP contribution in [0.5, 0.6) is 0 Å². The molecule has 0 unspecified atom stereocenters. The topological polar surface area (TPSA) is 45.4 Å². The quantitative estimate of drug-likeness (QED) is 0.748. The number of aliphatic hydroxyl groups is 1. The zero-order valence-corrected chi connectivity index (χ0v) is 8.79. The van der Waals surface area contributed by atoms with Gasteiger partial charge in [0, 0.05) is 11.9 Å². The van der Waals surface area contributed by atoms with E-state index in [2.05, 4.69) is 18.3 Å². The first-order chi connectivity index (χ1) is 7.29. The van der Waals surface area contributed by atoms with Crippen LogP contribution in [0.25, 0.3) is 11.0 Å². The number of nitrogens with one attached hydrogen (secondary N) is 1. The second-order valence-electron chi connectivity index (χ2n) is 3.65. The fraction of sp³-hybridized carbons (Fsp3) is 0.333. The lowest BCUT2D eigenvalue weighted by Crippen LogP contribution is -2.16. The summed E-state index contributed by atoms with van der Waals surface area (Å²) < 4.78 is 5.63. The summed E-state index contributed by atoms with van der Waals surface area (Å²) in [5, 5.41) is 12.8. The fourth-order valence-corrected chi connectivity index (χ4v) is 1.60. The van der Waals surface area contributed by atoms with Gasteiger partial charge in [0.15, 0.2) is 0 Å². The van der Waals surface area contributed by atoms with Crippen LogP contribution in [-0.4, -0.2) is 18.3 Å². The van der Waals surface area contributed by atoms with Gasteiger partial charge in [0.2, 0.25) is 0 Å². The van der Waals surface area contributed by atoms with Crippen LogP contribution in [0.1, 0.15) is 11.3 Å². The van der Waals surface area contributed by atoms with Crippen molar-refractivity contribution in [3.8, 4) is 0 Å². The molecule has 1 aromatic heterocycles. The van der Waals surface area contributed by atoms with Crippen molar-refractivity contribution >= 4 is 11.0 Å². The molecule has 0 amide bonds. The number of rotatable bonds is 4. The highest BCUT2D eigenvalue weighted by Gasteiger charge is 2.02. The molecule has 0 atom stereocenters. The highest BCUT2D eigenvalue weighted by Crippen LogP contribution is 2.20. The van der Waals surface area contributed by atoms with Crippen LogP contribution < -0.4 is 5.32 Å². The van der Waals surface area contributed by atoms with Crippen molar-refractivity contribution in [2.75, 3.05) is 13.2 Å². The van der Waals surface area contributed by atoms with E-state index in [0.29, 0.717) is 13.1 Å². The Morgan fingerprint density at radius 3 is 3.00 bits per heavy atom. The van der Waals surface area contributed by atoms with Gasteiger partial charge in [0.05, 0.1) is 13.2 Å². The average Bonchev–Trinajstić information content (AvgIpc) is 2.60. The van der Waals surface area contributed by atoms with Gasteiger partial charge in [-0.1, -0.05) is 11.6 Å². The van der Waals surface area contributed by atoms with Crippen LogP contribution >= 0.6 is 0 Å². The van der Waals surface area contributed by atoms with E-state index in [1.807, 2.05) is 18.2 Å². The minimum atomic E-state index is 0.152. The first-order valence-corrected chi connectivity index (χ1v) is 5.10. The van der Waals surface area contributed by atoms with Crippen molar-refractivity contribution in [3.05, 3.63) is 35.6 Å². The zero-order chi connectivity index (χ0) is 10.7. The molecule has 80 valence electrons. The van der Waals surface area contributed by atoms with Gasteiger partial charge < -0.3 is 14.8 Å². The van der Waals surface area contributed by atoms with Gasteiger partial charge in [0.1, 0.15) is 11.3 Å². The average molecular weight is 205 g/mol. The van der Waals surface area contributed by atoms with Crippen LogP contribution in [0, 0.1) is 6.92 Å². The molecule has 0 saturated heterocycles. The SMILES string of the molecule is Cc1ccc2oc(CNCCO)cc2c1. The first-order valence-electron chi connectivity index (χ1n) is 5.10. The standard InChI is InChI=1S/C12H15NO2/c1-9-2-3-12-10(6-9)7-11(15-12)8-13-4-5-14/h2-3,6-7,13-14H,4-5,8H2,1H3. The molecule has 3 nitrogen and oxygen atoms in total. The molecular weight excluding hydrogens is 190 g/mol.